The second-order valence-electron chi connectivity index (χ2n) is 6.47. The van der Waals surface area contributed by atoms with Crippen LogP contribution in [0.1, 0.15) is 39.2 Å². The van der Waals surface area contributed by atoms with Crippen LogP contribution < -0.4 is 0 Å². The molecule has 0 aromatic carbocycles. The molecule has 1 amide bonds. The van der Waals surface area contributed by atoms with E-state index in [2.05, 4.69) is 4.98 Å². The smallest absolute Gasteiger partial charge is 0.410 e. The van der Waals surface area contributed by atoms with Gasteiger partial charge in [-0.25, -0.2) is 9.78 Å². The van der Waals surface area contributed by atoms with E-state index < -0.39 is 5.60 Å². The van der Waals surface area contributed by atoms with Gasteiger partial charge in [-0.3, -0.25) is 0 Å². The molecule has 0 spiro atoms. The summed E-state index contributed by atoms with van der Waals surface area (Å²) in [5, 5.41) is 1.11. The number of carbonyl (C=O) groups is 1. The van der Waals surface area contributed by atoms with E-state index in [0.29, 0.717) is 10.4 Å². The predicted molar refractivity (Wildman–Crippen MR) is 91.4 cm³/mol. The number of hydrogen-bond acceptors (Lipinski definition) is 4. The summed E-state index contributed by atoms with van der Waals surface area (Å²) in [6, 6.07) is 3.83. The highest BCUT2D eigenvalue weighted by Gasteiger charge is 2.26. The summed E-state index contributed by atoms with van der Waals surface area (Å²) >= 11 is 7.71. The first-order valence-corrected chi connectivity index (χ1v) is 8.96. The highest BCUT2D eigenvalue weighted by Crippen LogP contribution is 2.27. The van der Waals surface area contributed by atoms with Gasteiger partial charge < -0.3 is 9.64 Å². The highest BCUT2D eigenvalue weighted by molar-refractivity contribution is 7.99. The molecule has 2 heterocycles. The summed E-state index contributed by atoms with van der Waals surface area (Å²) < 4.78 is 5.41. The normalized spacial score (nSPS) is 16.6. The van der Waals surface area contributed by atoms with Gasteiger partial charge in [0.15, 0.2) is 0 Å². The van der Waals surface area contributed by atoms with Crippen molar-refractivity contribution in [1.82, 2.24) is 9.88 Å². The molecule has 122 valence electrons. The van der Waals surface area contributed by atoms with Crippen LogP contribution in [0.2, 0.25) is 5.15 Å². The second kappa shape index (κ2) is 7.55. The summed E-state index contributed by atoms with van der Waals surface area (Å²) in [5.74, 6) is 0.932. The van der Waals surface area contributed by atoms with E-state index >= 15 is 0 Å². The van der Waals surface area contributed by atoms with E-state index in [-0.39, 0.29) is 6.09 Å². The first-order chi connectivity index (χ1) is 10.3. The molecular weight excluding hydrogens is 320 g/mol. The lowest BCUT2D eigenvalue weighted by Crippen LogP contribution is -2.42. The van der Waals surface area contributed by atoms with Crippen molar-refractivity contribution in [3.8, 4) is 0 Å². The van der Waals surface area contributed by atoms with Gasteiger partial charge in [-0.1, -0.05) is 17.7 Å². The zero-order valence-electron chi connectivity index (χ0n) is 13.3. The van der Waals surface area contributed by atoms with Crippen LogP contribution in [-0.2, 0) is 10.5 Å². The van der Waals surface area contributed by atoms with Gasteiger partial charge in [0.1, 0.15) is 10.8 Å². The number of halogens is 1. The summed E-state index contributed by atoms with van der Waals surface area (Å²) in [4.78, 5) is 17.9. The third-order valence-electron chi connectivity index (χ3n) is 3.37. The van der Waals surface area contributed by atoms with Crippen molar-refractivity contribution in [2.24, 2.45) is 0 Å². The van der Waals surface area contributed by atoms with E-state index in [0.717, 1.165) is 31.7 Å². The number of amides is 1. The first-order valence-electron chi connectivity index (χ1n) is 7.53. The van der Waals surface area contributed by atoms with Crippen LogP contribution in [0.4, 0.5) is 4.79 Å². The molecule has 1 aliphatic rings. The molecule has 0 N–H and O–H groups in total. The number of hydrogen-bond donors (Lipinski definition) is 0. The number of aromatic nitrogens is 1. The van der Waals surface area contributed by atoms with Gasteiger partial charge in [-0.2, -0.15) is 11.8 Å². The van der Waals surface area contributed by atoms with Gasteiger partial charge in [-0.15, -0.1) is 0 Å². The molecule has 0 atom stereocenters. The zero-order chi connectivity index (χ0) is 16.2. The predicted octanol–water partition coefficient (Wildman–Crippen LogP) is 4.37. The lowest BCUT2D eigenvalue weighted by molar-refractivity contribution is 0.0219. The molecule has 0 radical (unpaired) electrons. The quantitative estimate of drug-likeness (QED) is 0.765. The van der Waals surface area contributed by atoms with Crippen LogP contribution in [0.15, 0.2) is 18.3 Å². The standard InChI is InChI=1S/C16H23ClN2O2S/c1-16(2,3)21-15(20)19-8-6-13(7-9-19)22-11-12-4-5-14(17)18-10-12/h4-5,10,13H,6-9,11H2,1-3H3. The van der Waals surface area contributed by atoms with Crippen molar-refractivity contribution in [2.75, 3.05) is 13.1 Å². The molecule has 0 saturated carbocycles. The largest absolute Gasteiger partial charge is 0.444 e. The Kier molecular flexibility index (Phi) is 5.98. The van der Waals surface area contributed by atoms with Gasteiger partial charge in [0.25, 0.3) is 0 Å². The maximum absolute atomic E-state index is 12.0. The van der Waals surface area contributed by atoms with Crippen molar-refractivity contribution in [1.29, 1.82) is 0 Å². The maximum Gasteiger partial charge on any atom is 0.410 e. The topological polar surface area (TPSA) is 42.4 Å². The molecule has 1 fully saturated rings. The molecule has 0 unspecified atom stereocenters. The summed E-state index contributed by atoms with van der Waals surface area (Å²) in [5.41, 5.74) is 0.758. The number of likely N-dealkylation sites (tertiary alicyclic amines) is 1. The second-order valence-corrected chi connectivity index (χ2v) is 8.14. The Hall–Kier alpha value is -0.940. The fraction of sp³-hybridized carbons (Fsp3) is 0.625. The molecule has 6 heteroatoms. The number of nitrogens with zero attached hydrogens (tertiary/aromatic N) is 2. The molecule has 22 heavy (non-hydrogen) atoms. The third-order valence-corrected chi connectivity index (χ3v) is 5.03. The van der Waals surface area contributed by atoms with Gasteiger partial charge in [0.2, 0.25) is 0 Å². The minimum absolute atomic E-state index is 0.196. The molecule has 0 bridgehead atoms. The molecule has 1 saturated heterocycles. The average Bonchev–Trinajstić information content (AvgIpc) is 2.45. The molecule has 1 aliphatic heterocycles. The van der Waals surface area contributed by atoms with Gasteiger partial charge >= 0.3 is 6.09 Å². The Balaban J connectivity index is 1.73. The average molecular weight is 343 g/mol. The summed E-state index contributed by atoms with van der Waals surface area (Å²) in [7, 11) is 0. The number of carbonyl (C=O) groups excluding carboxylic acids is 1. The number of thioether (sulfide) groups is 1. The lowest BCUT2D eigenvalue weighted by atomic mass is 10.1. The van der Waals surface area contributed by atoms with Crippen molar-refractivity contribution in [3.05, 3.63) is 29.0 Å². The van der Waals surface area contributed by atoms with Crippen LogP contribution in [-0.4, -0.2) is 39.9 Å². The third kappa shape index (κ3) is 5.69. The van der Waals surface area contributed by atoms with Crippen LogP contribution in [0.25, 0.3) is 0 Å². The SMILES string of the molecule is CC(C)(C)OC(=O)N1CCC(SCc2ccc(Cl)nc2)CC1. The zero-order valence-corrected chi connectivity index (χ0v) is 14.9. The summed E-state index contributed by atoms with van der Waals surface area (Å²) in [6.45, 7) is 7.23. The minimum atomic E-state index is -0.426. The van der Waals surface area contributed by atoms with Crippen LogP contribution in [0.3, 0.4) is 0 Å². The molecule has 1 aromatic heterocycles. The molecule has 4 nitrogen and oxygen atoms in total. The summed E-state index contributed by atoms with van der Waals surface area (Å²) in [6.07, 6.45) is 3.64. The maximum atomic E-state index is 12.0. The monoisotopic (exact) mass is 342 g/mol. The Morgan fingerprint density at radius 2 is 2.09 bits per heavy atom. The minimum Gasteiger partial charge on any atom is -0.444 e. The van der Waals surface area contributed by atoms with E-state index in [1.54, 1.807) is 0 Å². The van der Waals surface area contributed by atoms with E-state index in [4.69, 9.17) is 16.3 Å². The first kappa shape index (κ1) is 17.4. The molecule has 2 rings (SSSR count). The number of pyridine rings is 1. The van der Waals surface area contributed by atoms with E-state index in [9.17, 15) is 4.79 Å². The van der Waals surface area contributed by atoms with Crippen molar-refractivity contribution in [3.63, 3.8) is 0 Å². The van der Waals surface area contributed by atoms with Crippen LogP contribution in [0, 0.1) is 0 Å². The molecular formula is C16H23ClN2O2S. The van der Waals surface area contributed by atoms with Gasteiger partial charge in [0.05, 0.1) is 0 Å². The number of piperidine rings is 1. The van der Waals surface area contributed by atoms with Gasteiger partial charge in [-0.05, 0) is 45.2 Å². The Labute approximate surface area is 141 Å². The van der Waals surface area contributed by atoms with Crippen molar-refractivity contribution >= 4 is 29.5 Å². The van der Waals surface area contributed by atoms with Crippen molar-refractivity contribution < 1.29 is 9.53 Å². The number of rotatable bonds is 3. The van der Waals surface area contributed by atoms with E-state index in [1.807, 2.05) is 55.8 Å². The fourth-order valence-electron chi connectivity index (χ4n) is 2.24. The Bertz CT molecular complexity index is 494. The van der Waals surface area contributed by atoms with Crippen LogP contribution >= 0.6 is 23.4 Å². The van der Waals surface area contributed by atoms with Crippen LogP contribution in [0.5, 0.6) is 0 Å². The Morgan fingerprint density at radius 3 is 2.64 bits per heavy atom. The fourth-order valence-corrected chi connectivity index (χ4v) is 3.49. The highest BCUT2D eigenvalue weighted by atomic mass is 35.5. The van der Waals surface area contributed by atoms with E-state index in [1.165, 1.54) is 5.56 Å². The lowest BCUT2D eigenvalue weighted by Gasteiger charge is -2.33. The molecule has 0 aliphatic carbocycles. The number of ether oxygens (including phenoxy) is 1. The molecule has 1 aromatic rings. The van der Waals surface area contributed by atoms with Crippen molar-refractivity contribution in [2.45, 2.75) is 50.2 Å². The Morgan fingerprint density at radius 1 is 1.41 bits per heavy atom. The van der Waals surface area contributed by atoms with Gasteiger partial charge in [0, 0.05) is 30.3 Å².